The van der Waals surface area contributed by atoms with E-state index in [4.69, 9.17) is 9.47 Å². The van der Waals surface area contributed by atoms with E-state index in [1.165, 1.54) is 13.2 Å². The van der Waals surface area contributed by atoms with Crippen molar-refractivity contribution < 1.29 is 13.9 Å². The van der Waals surface area contributed by atoms with Crippen molar-refractivity contribution in [2.45, 2.75) is 6.92 Å². The van der Waals surface area contributed by atoms with Gasteiger partial charge < -0.3 is 14.8 Å². The van der Waals surface area contributed by atoms with Gasteiger partial charge in [0.05, 0.1) is 24.4 Å². The van der Waals surface area contributed by atoms with Crippen molar-refractivity contribution in [1.82, 2.24) is 9.97 Å². The minimum atomic E-state index is -0.444. The fraction of sp³-hybridized carbons (Fsp3) is 0.231. The van der Waals surface area contributed by atoms with E-state index in [-0.39, 0.29) is 5.75 Å². The summed E-state index contributed by atoms with van der Waals surface area (Å²) in [6, 6.07) is 4.56. The quantitative estimate of drug-likeness (QED) is 0.901. The zero-order valence-corrected chi connectivity index (χ0v) is 12.6. The first-order valence-electron chi connectivity index (χ1n) is 5.90. The van der Waals surface area contributed by atoms with Crippen LogP contribution in [0.2, 0.25) is 0 Å². The maximum atomic E-state index is 13.7. The van der Waals surface area contributed by atoms with E-state index in [0.717, 1.165) is 0 Å². The zero-order chi connectivity index (χ0) is 14.5. The average molecular weight is 342 g/mol. The fourth-order valence-corrected chi connectivity index (χ4v) is 1.89. The molecule has 1 N–H and O–H groups in total. The highest BCUT2D eigenvalue weighted by Gasteiger charge is 2.08. The predicted octanol–water partition coefficient (Wildman–Crippen LogP) is 3.53. The second kappa shape index (κ2) is 6.51. The maximum absolute atomic E-state index is 13.7. The van der Waals surface area contributed by atoms with Crippen molar-refractivity contribution in [2.24, 2.45) is 0 Å². The fourth-order valence-electron chi connectivity index (χ4n) is 1.54. The Hall–Kier alpha value is -1.89. The summed E-state index contributed by atoms with van der Waals surface area (Å²) in [6.07, 6.45) is 1.55. The standard InChI is InChI=1S/C13H13BrFN3O2/c1-3-20-11-5-4-8(6-10(11)15)17-13-16-7-9(14)12(18-13)19-2/h4-7H,3H2,1-2H3,(H,16,17,18). The second-order valence-corrected chi connectivity index (χ2v) is 4.61. The third kappa shape index (κ3) is 3.36. The molecule has 20 heavy (non-hydrogen) atoms. The Labute approximate surface area is 124 Å². The number of hydrogen-bond donors (Lipinski definition) is 1. The lowest BCUT2D eigenvalue weighted by atomic mass is 10.3. The van der Waals surface area contributed by atoms with Crippen molar-refractivity contribution in [1.29, 1.82) is 0 Å². The minimum absolute atomic E-state index is 0.215. The van der Waals surface area contributed by atoms with Crippen LogP contribution >= 0.6 is 15.9 Å². The summed E-state index contributed by atoms with van der Waals surface area (Å²) < 4.78 is 24.6. The largest absolute Gasteiger partial charge is 0.491 e. The molecule has 0 atom stereocenters. The van der Waals surface area contributed by atoms with Gasteiger partial charge in [0.2, 0.25) is 11.8 Å². The van der Waals surface area contributed by atoms with Crippen LogP contribution < -0.4 is 14.8 Å². The Morgan fingerprint density at radius 2 is 2.20 bits per heavy atom. The lowest BCUT2D eigenvalue weighted by molar-refractivity contribution is 0.321. The van der Waals surface area contributed by atoms with Crippen molar-refractivity contribution >= 4 is 27.6 Å². The average Bonchev–Trinajstić information content (AvgIpc) is 2.44. The van der Waals surface area contributed by atoms with E-state index in [1.807, 2.05) is 0 Å². The topological polar surface area (TPSA) is 56.3 Å². The molecule has 0 saturated carbocycles. The molecular formula is C13H13BrFN3O2. The van der Waals surface area contributed by atoms with Crippen LogP contribution in [0.15, 0.2) is 28.9 Å². The van der Waals surface area contributed by atoms with Crippen molar-refractivity contribution in [3.63, 3.8) is 0 Å². The smallest absolute Gasteiger partial charge is 0.232 e. The number of nitrogens with one attached hydrogen (secondary N) is 1. The van der Waals surface area contributed by atoms with Gasteiger partial charge in [-0.2, -0.15) is 4.98 Å². The number of methoxy groups -OCH3 is 1. The molecule has 0 aliphatic rings. The van der Waals surface area contributed by atoms with E-state index < -0.39 is 5.82 Å². The third-order valence-electron chi connectivity index (χ3n) is 2.39. The van der Waals surface area contributed by atoms with Gasteiger partial charge in [-0.25, -0.2) is 9.37 Å². The predicted molar refractivity (Wildman–Crippen MR) is 77.1 cm³/mol. The van der Waals surface area contributed by atoms with Gasteiger partial charge in [-0.15, -0.1) is 0 Å². The number of halogens is 2. The number of rotatable bonds is 5. The van der Waals surface area contributed by atoms with Gasteiger partial charge in [-0.05, 0) is 35.0 Å². The van der Waals surface area contributed by atoms with Crippen molar-refractivity contribution in [3.05, 3.63) is 34.7 Å². The highest BCUT2D eigenvalue weighted by molar-refractivity contribution is 9.10. The van der Waals surface area contributed by atoms with Crippen LogP contribution in [0.3, 0.4) is 0 Å². The molecule has 0 fully saturated rings. The van der Waals surface area contributed by atoms with Gasteiger partial charge in [0.15, 0.2) is 11.6 Å². The van der Waals surface area contributed by atoms with E-state index in [0.29, 0.717) is 28.6 Å². The van der Waals surface area contributed by atoms with Crippen LogP contribution in [0.4, 0.5) is 16.0 Å². The zero-order valence-electron chi connectivity index (χ0n) is 11.0. The number of nitrogens with zero attached hydrogens (tertiary/aromatic N) is 2. The highest BCUT2D eigenvalue weighted by atomic mass is 79.9. The van der Waals surface area contributed by atoms with Gasteiger partial charge >= 0.3 is 0 Å². The Kier molecular flexibility index (Phi) is 4.73. The molecule has 0 spiro atoms. The minimum Gasteiger partial charge on any atom is -0.491 e. The molecule has 106 valence electrons. The van der Waals surface area contributed by atoms with E-state index in [9.17, 15) is 4.39 Å². The lowest BCUT2D eigenvalue weighted by Gasteiger charge is -2.09. The van der Waals surface area contributed by atoms with Gasteiger partial charge in [-0.3, -0.25) is 0 Å². The lowest BCUT2D eigenvalue weighted by Crippen LogP contribution is -2.00. The van der Waals surface area contributed by atoms with Gasteiger partial charge in [-0.1, -0.05) is 0 Å². The molecule has 0 unspecified atom stereocenters. The number of aromatic nitrogens is 2. The number of anilines is 2. The molecule has 2 rings (SSSR count). The van der Waals surface area contributed by atoms with Crippen LogP contribution in [0.5, 0.6) is 11.6 Å². The molecule has 0 aliphatic carbocycles. The van der Waals surface area contributed by atoms with Gasteiger partial charge in [0.25, 0.3) is 0 Å². The summed E-state index contributed by atoms with van der Waals surface area (Å²) >= 11 is 3.26. The molecule has 7 heteroatoms. The molecule has 1 heterocycles. The Morgan fingerprint density at radius 3 is 2.85 bits per heavy atom. The first-order chi connectivity index (χ1) is 9.63. The monoisotopic (exact) mass is 341 g/mol. The van der Waals surface area contributed by atoms with E-state index in [2.05, 4.69) is 31.2 Å². The van der Waals surface area contributed by atoms with Crippen LogP contribution in [0.1, 0.15) is 6.92 Å². The second-order valence-electron chi connectivity index (χ2n) is 3.75. The molecule has 0 aliphatic heterocycles. The molecule has 2 aromatic rings. The Bertz CT molecular complexity index is 610. The Morgan fingerprint density at radius 1 is 1.40 bits per heavy atom. The van der Waals surface area contributed by atoms with E-state index >= 15 is 0 Å². The summed E-state index contributed by atoms with van der Waals surface area (Å²) in [6.45, 7) is 2.21. The molecule has 0 bridgehead atoms. The van der Waals surface area contributed by atoms with Crippen molar-refractivity contribution in [2.75, 3.05) is 19.0 Å². The number of ether oxygens (including phenoxy) is 2. The van der Waals surface area contributed by atoms with Gasteiger partial charge in [0, 0.05) is 11.8 Å². The van der Waals surface area contributed by atoms with Crippen LogP contribution in [0.25, 0.3) is 0 Å². The molecule has 1 aromatic heterocycles. The van der Waals surface area contributed by atoms with Crippen molar-refractivity contribution in [3.8, 4) is 11.6 Å². The first-order valence-corrected chi connectivity index (χ1v) is 6.69. The highest BCUT2D eigenvalue weighted by Crippen LogP contribution is 2.25. The SMILES string of the molecule is CCOc1ccc(Nc2ncc(Br)c(OC)n2)cc1F. The van der Waals surface area contributed by atoms with E-state index in [1.54, 1.807) is 25.3 Å². The Balaban J connectivity index is 2.19. The first kappa shape index (κ1) is 14.5. The summed E-state index contributed by atoms with van der Waals surface area (Å²) in [5, 5.41) is 2.90. The summed E-state index contributed by atoms with van der Waals surface area (Å²) in [5.41, 5.74) is 0.523. The van der Waals surface area contributed by atoms with Gasteiger partial charge in [0.1, 0.15) is 0 Å². The maximum Gasteiger partial charge on any atom is 0.232 e. The van der Waals surface area contributed by atoms with Crippen LogP contribution in [0, 0.1) is 5.82 Å². The molecule has 0 saturated heterocycles. The van der Waals surface area contributed by atoms with Crippen LogP contribution in [-0.4, -0.2) is 23.7 Å². The van der Waals surface area contributed by atoms with Crippen LogP contribution in [-0.2, 0) is 0 Å². The number of benzene rings is 1. The third-order valence-corrected chi connectivity index (χ3v) is 2.94. The number of hydrogen-bond acceptors (Lipinski definition) is 5. The summed E-state index contributed by atoms with van der Waals surface area (Å²) in [7, 11) is 1.51. The molecule has 1 aromatic carbocycles. The molecule has 0 radical (unpaired) electrons. The summed E-state index contributed by atoms with van der Waals surface area (Å²) in [5.74, 6) is 0.482. The normalized spacial score (nSPS) is 10.2. The molecule has 5 nitrogen and oxygen atoms in total. The molecule has 0 amide bonds. The molecular weight excluding hydrogens is 329 g/mol. The summed E-state index contributed by atoms with van der Waals surface area (Å²) in [4.78, 5) is 8.20.